The summed E-state index contributed by atoms with van der Waals surface area (Å²) in [7, 11) is 0. The molecule has 0 aliphatic heterocycles. The van der Waals surface area contributed by atoms with Crippen LogP contribution in [0.2, 0.25) is 0 Å². The number of hydrogen-bond donors (Lipinski definition) is 2. The maximum absolute atomic E-state index is 11.3. The van der Waals surface area contributed by atoms with Gasteiger partial charge >= 0.3 is 11.8 Å². The van der Waals surface area contributed by atoms with E-state index in [1.165, 1.54) is 0 Å². The van der Waals surface area contributed by atoms with Gasteiger partial charge in [-0.3, -0.25) is 9.59 Å². The van der Waals surface area contributed by atoms with E-state index in [0.29, 0.717) is 6.54 Å². The van der Waals surface area contributed by atoms with E-state index in [2.05, 4.69) is 29.4 Å². The van der Waals surface area contributed by atoms with Crippen molar-refractivity contribution in [2.45, 2.75) is 40.2 Å². The van der Waals surface area contributed by atoms with Crippen molar-refractivity contribution in [2.75, 3.05) is 26.2 Å². The Morgan fingerprint density at radius 2 is 1.71 bits per heavy atom. The average Bonchev–Trinajstić information content (AvgIpc) is 2.28. The Kier molecular flexibility index (Phi) is 8.40. The second-order valence-electron chi connectivity index (χ2n) is 4.26. The Balaban J connectivity index is 3.67. The molecule has 0 heterocycles. The first-order valence-corrected chi connectivity index (χ1v) is 6.32. The highest BCUT2D eigenvalue weighted by molar-refractivity contribution is 6.35. The second-order valence-corrected chi connectivity index (χ2v) is 4.26. The highest BCUT2D eigenvalue weighted by Crippen LogP contribution is 1.89. The summed E-state index contributed by atoms with van der Waals surface area (Å²) >= 11 is 0. The van der Waals surface area contributed by atoms with Gasteiger partial charge in [-0.25, -0.2) is 0 Å². The first-order chi connectivity index (χ1) is 8.01. The summed E-state index contributed by atoms with van der Waals surface area (Å²) in [4.78, 5) is 24.9. The van der Waals surface area contributed by atoms with Crippen LogP contribution in [0.1, 0.15) is 34.1 Å². The van der Waals surface area contributed by atoms with Crippen LogP contribution in [0.5, 0.6) is 0 Å². The fraction of sp³-hybridized carbons (Fsp3) is 0.833. The molecule has 0 rings (SSSR count). The predicted molar refractivity (Wildman–Crippen MR) is 68.7 cm³/mol. The van der Waals surface area contributed by atoms with Crippen LogP contribution in [0.15, 0.2) is 0 Å². The van der Waals surface area contributed by atoms with Gasteiger partial charge in [0.05, 0.1) is 0 Å². The molecular weight excluding hydrogens is 218 g/mol. The van der Waals surface area contributed by atoms with Gasteiger partial charge in [-0.15, -0.1) is 0 Å². The van der Waals surface area contributed by atoms with Gasteiger partial charge in [0.2, 0.25) is 0 Å². The molecule has 0 saturated heterocycles. The minimum absolute atomic E-state index is 0.0103. The molecule has 2 amide bonds. The van der Waals surface area contributed by atoms with E-state index < -0.39 is 11.8 Å². The van der Waals surface area contributed by atoms with Crippen molar-refractivity contribution in [1.82, 2.24) is 15.5 Å². The van der Waals surface area contributed by atoms with Crippen LogP contribution >= 0.6 is 0 Å². The van der Waals surface area contributed by atoms with E-state index in [-0.39, 0.29) is 6.04 Å². The quantitative estimate of drug-likeness (QED) is 0.501. The van der Waals surface area contributed by atoms with Gasteiger partial charge < -0.3 is 15.5 Å². The SMILES string of the molecule is CCN(CC)CCCNC(=O)C(=O)NC(C)C. The summed E-state index contributed by atoms with van der Waals surface area (Å²) in [5.41, 5.74) is 0. The molecule has 0 bridgehead atoms. The summed E-state index contributed by atoms with van der Waals surface area (Å²) in [6.45, 7) is 11.4. The van der Waals surface area contributed by atoms with Crippen LogP contribution in [-0.4, -0.2) is 48.9 Å². The zero-order valence-electron chi connectivity index (χ0n) is 11.4. The highest BCUT2D eigenvalue weighted by Gasteiger charge is 2.13. The van der Waals surface area contributed by atoms with Crippen molar-refractivity contribution < 1.29 is 9.59 Å². The molecule has 0 radical (unpaired) electrons. The van der Waals surface area contributed by atoms with E-state index in [9.17, 15) is 9.59 Å². The van der Waals surface area contributed by atoms with Gasteiger partial charge in [-0.2, -0.15) is 0 Å². The molecule has 0 aromatic carbocycles. The van der Waals surface area contributed by atoms with Crippen molar-refractivity contribution >= 4 is 11.8 Å². The Morgan fingerprint density at radius 3 is 2.18 bits per heavy atom. The fourth-order valence-corrected chi connectivity index (χ4v) is 1.45. The summed E-state index contributed by atoms with van der Waals surface area (Å²) < 4.78 is 0. The molecule has 0 aromatic heterocycles. The van der Waals surface area contributed by atoms with Crippen LogP contribution in [0.3, 0.4) is 0 Å². The number of carbonyl (C=O) groups is 2. The maximum atomic E-state index is 11.3. The summed E-state index contributed by atoms with van der Waals surface area (Å²) in [5, 5.41) is 5.17. The molecule has 0 aliphatic carbocycles. The summed E-state index contributed by atoms with van der Waals surface area (Å²) in [6, 6.07) is -0.0103. The topological polar surface area (TPSA) is 61.4 Å². The van der Waals surface area contributed by atoms with Crippen molar-refractivity contribution in [3.05, 3.63) is 0 Å². The van der Waals surface area contributed by atoms with Crippen LogP contribution < -0.4 is 10.6 Å². The summed E-state index contributed by atoms with van der Waals surface area (Å²) in [6.07, 6.45) is 0.863. The number of rotatable bonds is 7. The van der Waals surface area contributed by atoms with E-state index in [1.807, 2.05) is 13.8 Å². The third kappa shape index (κ3) is 7.74. The molecular formula is C12H25N3O2. The minimum Gasteiger partial charge on any atom is -0.348 e. The maximum Gasteiger partial charge on any atom is 0.309 e. The lowest BCUT2D eigenvalue weighted by atomic mass is 10.3. The van der Waals surface area contributed by atoms with Gasteiger partial charge in [0.1, 0.15) is 0 Å². The molecule has 2 N–H and O–H groups in total. The van der Waals surface area contributed by atoms with E-state index >= 15 is 0 Å². The monoisotopic (exact) mass is 243 g/mol. The van der Waals surface area contributed by atoms with E-state index in [4.69, 9.17) is 0 Å². The molecule has 0 fully saturated rings. The lowest BCUT2D eigenvalue weighted by Gasteiger charge is -2.17. The van der Waals surface area contributed by atoms with Crippen LogP contribution in [0, 0.1) is 0 Å². The van der Waals surface area contributed by atoms with Crippen molar-refractivity contribution in [1.29, 1.82) is 0 Å². The number of hydrogen-bond acceptors (Lipinski definition) is 3. The van der Waals surface area contributed by atoms with Crippen LogP contribution in [-0.2, 0) is 9.59 Å². The Bertz CT molecular complexity index is 238. The van der Waals surface area contributed by atoms with Gasteiger partial charge in [-0.1, -0.05) is 13.8 Å². The first kappa shape index (κ1) is 15.9. The number of amides is 2. The number of carbonyl (C=O) groups excluding carboxylic acids is 2. The molecule has 0 aliphatic rings. The highest BCUT2D eigenvalue weighted by atomic mass is 16.2. The van der Waals surface area contributed by atoms with E-state index in [1.54, 1.807) is 0 Å². The Hall–Kier alpha value is -1.10. The smallest absolute Gasteiger partial charge is 0.309 e. The Morgan fingerprint density at radius 1 is 1.12 bits per heavy atom. The molecule has 0 aromatic rings. The molecule has 5 heteroatoms. The molecule has 17 heavy (non-hydrogen) atoms. The van der Waals surface area contributed by atoms with Crippen LogP contribution in [0.4, 0.5) is 0 Å². The third-order valence-electron chi connectivity index (χ3n) is 2.46. The standard InChI is InChI=1S/C12H25N3O2/c1-5-15(6-2)9-7-8-13-11(16)12(17)14-10(3)4/h10H,5-9H2,1-4H3,(H,13,16)(H,14,17). The van der Waals surface area contributed by atoms with Gasteiger partial charge in [0.25, 0.3) is 0 Å². The van der Waals surface area contributed by atoms with Crippen molar-refractivity contribution in [3.8, 4) is 0 Å². The van der Waals surface area contributed by atoms with Crippen LogP contribution in [0.25, 0.3) is 0 Å². The Labute approximate surface area is 104 Å². The van der Waals surface area contributed by atoms with Crippen molar-refractivity contribution in [3.63, 3.8) is 0 Å². The predicted octanol–water partition coefficient (Wildman–Crippen LogP) is 0.359. The molecule has 100 valence electrons. The van der Waals surface area contributed by atoms with Gasteiger partial charge in [0, 0.05) is 12.6 Å². The zero-order valence-corrected chi connectivity index (χ0v) is 11.4. The van der Waals surface area contributed by atoms with Crippen molar-refractivity contribution in [2.24, 2.45) is 0 Å². The number of nitrogens with one attached hydrogen (secondary N) is 2. The number of nitrogens with zero attached hydrogens (tertiary/aromatic N) is 1. The minimum atomic E-state index is -0.553. The normalized spacial score (nSPS) is 10.7. The molecule has 0 atom stereocenters. The zero-order chi connectivity index (χ0) is 13.3. The third-order valence-corrected chi connectivity index (χ3v) is 2.46. The molecule has 0 saturated carbocycles. The molecule has 0 unspecified atom stereocenters. The fourth-order valence-electron chi connectivity index (χ4n) is 1.45. The molecule has 0 spiro atoms. The lowest BCUT2D eigenvalue weighted by Crippen LogP contribution is -2.43. The molecule has 5 nitrogen and oxygen atoms in total. The first-order valence-electron chi connectivity index (χ1n) is 6.32. The van der Waals surface area contributed by atoms with Gasteiger partial charge in [0.15, 0.2) is 0 Å². The summed E-state index contributed by atoms with van der Waals surface area (Å²) in [5.74, 6) is -1.10. The van der Waals surface area contributed by atoms with E-state index in [0.717, 1.165) is 26.1 Å². The second kappa shape index (κ2) is 8.98. The lowest BCUT2D eigenvalue weighted by molar-refractivity contribution is -0.139. The largest absolute Gasteiger partial charge is 0.348 e. The van der Waals surface area contributed by atoms with Gasteiger partial charge in [-0.05, 0) is 39.9 Å². The average molecular weight is 243 g/mol.